The summed E-state index contributed by atoms with van der Waals surface area (Å²) in [4.78, 5) is 32.9. The number of hydrogen-bond donors (Lipinski definition) is 1. The second-order valence-electron chi connectivity index (χ2n) is 7.39. The minimum absolute atomic E-state index is 0.00692. The van der Waals surface area contributed by atoms with Crippen molar-refractivity contribution in [3.63, 3.8) is 0 Å². The molecular weight excluding hydrogens is 416 g/mol. The summed E-state index contributed by atoms with van der Waals surface area (Å²) in [5, 5.41) is 7.44. The highest BCUT2D eigenvalue weighted by molar-refractivity contribution is 6.33. The first-order valence-electron chi connectivity index (χ1n) is 10.1. The largest absolute Gasteiger partial charge is 0.336 e. The van der Waals surface area contributed by atoms with E-state index in [2.05, 4.69) is 15.4 Å². The summed E-state index contributed by atoms with van der Waals surface area (Å²) in [7, 11) is 0. The van der Waals surface area contributed by atoms with Crippen molar-refractivity contribution in [1.29, 1.82) is 0 Å². The number of nitrogens with zero attached hydrogens (tertiary/aromatic N) is 5. The molecule has 2 heterocycles. The first-order valence-corrected chi connectivity index (χ1v) is 10.4. The fourth-order valence-electron chi connectivity index (χ4n) is 3.50. The maximum absolute atomic E-state index is 12.8. The minimum atomic E-state index is -0.115. The van der Waals surface area contributed by atoms with Gasteiger partial charge in [-0.1, -0.05) is 35.9 Å². The van der Waals surface area contributed by atoms with Crippen LogP contribution in [0.1, 0.15) is 15.9 Å². The lowest BCUT2D eigenvalue weighted by Crippen LogP contribution is -2.50. The van der Waals surface area contributed by atoms with Gasteiger partial charge in [-0.25, -0.2) is 9.67 Å². The van der Waals surface area contributed by atoms with Gasteiger partial charge in [-0.3, -0.25) is 14.5 Å². The van der Waals surface area contributed by atoms with Crippen LogP contribution < -0.4 is 5.32 Å². The summed E-state index contributed by atoms with van der Waals surface area (Å²) in [6.45, 7) is 3.34. The lowest BCUT2D eigenvalue weighted by atomic mass is 10.1. The second-order valence-corrected chi connectivity index (χ2v) is 7.79. The highest BCUT2D eigenvalue weighted by atomic mass is 35.5. The Kier molecular flexibility index (Phi) is 6.59. The monoisotopic (exact) mass is 438 g/mol. The standard InChI is InChI=1S/C22H23ClN6O2/c23-19-3-1-2-4-20(19)26-21(30)14-27-9-11-28(12-10-27)22(31)18-7-5-17(6-8-18)13-29-16-24-15-25-29/h1-8,15-16H,9-14H2,(H,26,30). The number of piperazine rings is 1. The summed E-state index contributed by atoms with van der Waals surface area (Å²) in [6, 6.07) is 14.7. The summed E-state index contributed by atoms with van der Waals surface area (Å²) < 4.78 is 1.73. The first kappa shape index (κ1) is 21.0. The van der Waals surface area contributed by atoms with Crippen molar-refractivity contribution in [2.75, 3.05) is 38.0 Å². The third-order valence-electron chi connectivity index (χ3n) is 5.19. The fraction of sp³-hybridized carbons (Fsp3) is 0.273. The van der Waals surface area contributed by atoms with E-state index >= 15 is 0 Å². The summed E-state index contributed by atoms with van der Waals surface area (Å²) >= 11 is 6.09. The van der Waals surface area contributed by atoms with Gasteiger partial charge < -0.3 is 10.2 Å². The van der Waals surface area contributed by atoms with Gasteiger partial charge in [0, 0.05) is 31.7 Å². The molecule has 1 aromatic heterocycles. The molecule has 0 spiro atoms. The van der Waals surface area contributed by atoms with Gasteiger partial charge in [0.15, 0.2) is 0 Å². The molecule has 0 radical (unpaired) electrons. The molecule has 1 aliphatic rings. The fourth-order valence-corrected chi connectivity index (χ4v) is 3.68. The van der Waals surface area contributed by atoms with Crippen molar-refractivity contribution in [2.45, 2.75) is 6.54 Å². The van der Waals surface area contributed by atoms with Crippen molar-refractivity contribution < 1.29 is 9.59 Å². The second kappa shape index (κ2) is 9.72. The number of anilines is 1. The molecule has 160 valence electrons. The van der Waals surface area contributed by atoms with Crippen molar-refractivity contribution in [2.24, 2.45) is 0 Å². The van der Waals surface area contributed by atoms with Gasteiger partial charge in [0.05, 0.1) is 23.8 Å². The quantitative estimate of drug-likeness (QED) is 0.638. The summed E-state index contributed by atoms with van der Waals surface area (Å²) in [5.41, 5.74) is 2.32. The van der Waals surface area contributed by atoms with E-state index in [0.29, 0.717) is 49.0 Å². The molecular formula is C22H23ClN6O2. The smallest absolute Gasteiger partial charge is 0.253 e. The maximum atomic E-state index is 12.8. The Bertz CT molecular complexity index is 1030. The van der Waals surface area contributed by atoms with Crippen LogP contribution in [0.3, 0.4) is 0 Å². The number of nitrogens with one attached hydrogen (secondary N) is 1. The molecule has 0 bridgehead atoms. The molecule has 2 aromatic carbocycles. The minimum Gasteiger partial charge on any atom is -0.336 e. The van der Waals surface area contributed by atoms with Crippen LogP contribution in [0.2, 0.25) is 5.02 Å². The zero-order valence-electron chi connectivity index (χ0n) is 16.9. The number of amides is 2. The highest BCUT2D eigenvalue weighted by Gasteiger charge is 2.23. The van der Waals surface area contributed by atoms with Gasteiger partial charge in [0.25, 0.3) is 5.91 Å². The van der Waals surface area contributed by atoms with Crippen LogP contribution in [0.15, 0.2) is 61.2 Å². The Balaban J connectivity index is 1.26. The number of rotatable bonds is 6. The Morgan fingerprint density at radius 2 is 1.74 bits per heavy atom. The third kappa shape index (κ3) is 5.48. The number of carbonyl (C=O) groups excluding carboxylic acids is 2. The molecule has 0 atom stereocenters. The Morgan fingerprint density at radius 1 is 1.00 bits per heavy atom. The normalized spacial score (nSPS) is 14.4. The number of hydrogen-bond acceptors (Lipinski definition) is 5. The Labute approximate surface area is 185 Å². The molecule has 2 amide bonds. The van der Waals surface area contributed by atoms with Gasteiger partial charge in [-0.05, 0) is 29.8 Å². The molecule has 8 nitrogen and oxygen atoms in total. The van der Waals surface area contributed by atoms with Crippen molar-refractivity contribution >= 4 is 29.1 Å². The lowest BCUT2D eigenvalue weighted by Gasteiger charge is -2.34. The molecule has 0 saturated carbocycles. The van der Waals surface area contributed by atoms with Gasteiger partial charge in [-0.2, -0.15) is 5.10 Å². The zero-order chi connectivity index (χ0) is 21.6. The van der Waals surface area contributed by atoms with Crippen LogP contribution in [0.4, 0.5) is 5.69 Å². The molecule has 31 heavy (non-hydrogen) atoms. The van der Waals surface area contributed by atoms with Gasteiger partial charge in [0.1, 0.15) is 12.7 Å². The topological polar surface area (TPSA) is 83.4 Å². The lowest BCUT2D eigenvalue weighted by molar-refractivity contribution is -0.117. The van der Waals surface area contributed by atoms with E-state index in [-0.39, 0.29) is 18.4 Å². The van der Waals surface area contributed by atoms with Gasteiger partial charge in [-0.15, -0.1) is 0 Å². The van der Waals surface area contributed by atoms with E-state index in [1.807, 2.05) is 46.2 Å². The van der Waals surface area contributed by atoms with E-state index in [9.17, 15) is 9.59 Å². The van der Waals surface area contributed by atoms with Crippen molar-refractivity contribution in [1.82, 2.24) is 24.6 Å². The van der Waals surface area contributed by atoms with Crippen LogP contribution in [-0.2, 0) is 11.3 Å². The molecule has 0 aliphatic carbocycles. The van der Waals surface area contributed by atoms with Crippen LogP contribution in [0.25, 0.3) is 0 Å². The summed E-state index contributed by atoms with van der Waals surface area (Å²) in [5.74, 6) is -0.108. The molecule has 1 fully saturated rings. The SMILES string of the molecule is O=C(CN1CCN(C(=O)c2ccc(Cn3cncn3)cc2)CC1)Nc1ccccc1Cl. The maximum Gasteiger partial charge on any atom is 0.253 e. The third-order valence-corrected chi connectivity index (χ3v) is 5.52. The average molecular weight is 439 g/mol. The number of halogens is 1. The molecule has 9 heteroatoms. The molecule has 1 saturated heterocycles. The number of aromatic nitrogens is 3. The van der Waals surface area contributed by atoms with Crippen LogP contribution >= 0.6 is 11.6 Å². The van der Waals surface area contributed by atoms with Crippen LogP contribution in [0, 0.1) is 0 Å². The molecule has 3 aromatic rings. The predicted octanol–water partition coefficient (Wildman–Crippen LogP) is 2.38. The van der Waals surface area contributed by atoms with Gasteiger partial charge in [0.2, 0.25) is 5.91 Å². The molecule has 4 rings (SSSR count). The van der Waals surface area contributed by atoms with E-state index in [1.54, 1.807) is 23.1 Å². The van der Waals surface area contributed by atoms with E-state index in [0.717, 1.165) is 5.56 Å². The van der Waals surface area contributed by atoms with Crippen LogP contribution in [-0.4, -0.2) is 69.1 Å². The predicted molar refractivity (Wildman–Crippen MR) is 118 cm³/mol. The molecule has 0 unspecified atom stereocenters. The van der Waals surface area contributed by atoms with Gasteiger partial charge >= 0.3 is 0 Å². The number of carbonyl (C=O) groups is 2. The van der Waals surface area contributed by atoms with E-state index in [1.165, 1.54) is 6.33 Å². The van der Waals surface area contributed by atoms with Crippen molar-refractivity contribution in [3.05, 3.63) is 77.3 Å². The highest BCUT2D eigenvalue weighted by Crippen LogP contribution is 2.20. The summed E-state index contributed by atoms with van der Waals surface area (Å²) in [6.07, 6.45) is 3.16. The Morgan fingerprint density at radius 3 is 2.42 bits per heavy atom. The average Bonchev–Trinajstić information content (AvgIpc) is 3.29. The molecule has 1 aliphatic heterocycles. The molecule has 1 N–H and O–H groups in total. The van der Waals surface area contributed by atoms with Crippen molar-refractivity contribution in [3.8, 4) is 0 Å². The number of benzene rings is 2. The van der Waals surface area contributed by atoms with E-state index in [4.69, 9.17) is 11.6 Å². The number of para-hydroxylation sites is 1. The Hall–Kier alpha value is -3.23. The van der Waals surface area contributed by atoms with E-state index < -0.39 is 0 Å². The van der Waals surface area contributed by atoms with Crippen LogP contribution in [0.5, 0.6) is 0 Å². The zero-order valence-corrected chi connectivity index (χ0v) is 17.7. The first-order chi connectivity index (χ1) is 15.1.